The molecule has 6 rings (SSSR count). The summed E-state index contributed by atoms with van der Waals surface area (Å²) < 4.78 is -1.66. The number of halogens is 6. The molecule has 0 atom stereocenters. The van der Waals surface area contributed by atoms with Crippen LogP contribution in [0.1, 0.15) is 145 Å². The van der Waals surface area contributed by atoms with Gasteiger partial charge in [-0.15, -0.1) is 23.1 Å². The number of benzene rings is 4. The normalized spacial score (nSPS) is 14.1. The molecule has 2 aliphatic rings. The van der Waals surface area contributed by atoms with Gasteiger partial charge < -0.3 is 0 Å². The van der Waals surface area contributed by atoms with Crippen molar-refractivity contribution in [2.75, 3.05) is 0 Å². The van der Waals surface area contributed by atoms with E-state index in [2.05, 4.69) is 120 Å². The van der Waals surface area contributed by atoms with Gasteiger partial charge in [0.1, 0.15) is 0 Å². The van der Waals surface area contributed by atoms with Crippen LogP contribution in [-0.2, 0) is 59.9 Å². The van der Waals surface area contributed by atoms with Gasteiger partial charge in [0.25, 0.3) is 0 Å². The van der Waals surface area contributed by atoms with Crippen molar-refractivity contribution >= 4 is 72.8 Å². The molecule has 0 spiro atoms. The Morgan fingerprint density at radius 3 is 1.32 bits per heavy atom. The fraction of sp³-hybridized carbons (Fsp3) is 0.408. The molecule has 0 saturated heterocycles. The Morgan fingerprint density at radius 1 is 0.554 bits per heavy atom. The van der Waals surface area contributed by atoms with Crippen LogP contribution in [0.4, 0.5) is 0 Å². The minimum atomic E-state index is -1.41. The van der Waals surface area contributed by atoms with Crippen LogP contribution in [0.5, 0.6) is 0 Å². The Hall–Kier alpha value is -1.15. The summed E-state index contributed by atoms with van der Waals surface area (Å²) in [4.78, 5) is 0. The zero-order valence-corrected chi connectivity index (χ0v) is 41.8. The van der Waals surface area contributed by atoms with E-state index in [0.29, 0.717) is 11.1 Å². The molecule has 0 unspecified atom stereocenters. The largest absolute Gasteiger partial charge is 0.273 e. The third-order valence-corrected chi connectivity index (χ3v) is 12.5. The topological polar surface area (TPSA) is 0 Å². The van der Waals surface area contributed by atoms with Gasteiger partial charge in [0.2, 0.25) is 0 Å². The monoisotopic (exact) mass is 942 g/mol. The second kappa shape index (κ2) is 17.8. The van der Waals surface area contributed by atoms with Crippen molar-refractivity contribution in [1.29, 1.82) is 0 Å². The van der Waals surface area contributed by atoms with Gasteiger partial charge in [0.15, 0.2) is 0 Å². The molecule has 0 saturated carbocycles. The van der Waals surface area contributed by atoms with Crippen LogP contribution >= 0.6 is 69.6 Å². The maximum absolute atomic E-state index is 5.86. The van der Waals surface area contributed by atoms with Crippen molar-refractivity contribution < 1.29 is 24.2 Å². The molecule has 0 nitrogen and oxygen atoms in total. The molecule has 2 aliphatic carbocycles. The van der Waals surface area contributed by atoms with Crippen LogP contribution in [0.25, 0.3) is 11.1 Å². The van der Waals surface area contributed by atoms with Crippen molar-refractivity contribution in [1.82, 2.24) is 0 Å². The predicted octanol–water partition coefficient (Wildman–Crippen LogP) is 16.0. The number of alkyl halides is 6. The van der Waals surface area contributed by atoms with E-state index in [0.717, 1.165) is 24.0 Å². The second-order valence-electron chi connectivity index (χ2n) is 18.7. The molecule has 0 aliphatic heterocycles. The number of allylic oxidation sites excluding steroid dienone is 4. The average Bonchev–Trinajstić information content (AvgIpc) is 3.77. The van der Waals surface area contributed by atoms with Crippen LogP contribution in [-0.4, -0.2) is 3.21 Å². The van der Waals surface area contributed by atoms with Crippen molar-refractivity contribution in [2.45, 2.75) is 125 Å². The van der Waals surface area contributed by atoms with Crippen LogP contribution in [0, 0.1) is 12.1 Å². The first kappa shape index (κ1) is 47.5. The van der Waals surface area contributed by atoms with E-state index < -0.39 is 7.59 Å². The van der Waals surface area contributed by atoms with Crippen LogP contribution < -0.4 is 0 Å². The van der Waals surface area contributed by atoms with Gasteiger partial charge in [0, 0.05) is 0 Å². The van der Waals surface area contributed by atoms with Gasteiger partial charge in [-0.2, -0.15) is 23.8 Å². The van der Waals surface area contributed by atoms with E-state index in [1.807, 2.05) is 60.7 Å². The molecular weight excluding hydrogens is 892 g/mol. The summed E-state index contributed by atoms with van der Waals surface area (Å²) in [6.07, 6.45) is 11.0. The summed E-state index contributed by atoms with van der Waals surface area (Å²) >= 11 is 36.4. The molecule has 4 aromatic carbocycles. The minimum absolute atomic E-state index is 0.0968. The zero-order chi connectivity index (χ0) is 42.2. The van der Waals surface area contributed by atoms with Gasteiger partial charge in [0.05, 0.1) is 0 Å². The summed E-state index contributed by atoms with van der Waals surface area (Å²) in [7, 11) is 0. The van der Waals surface area contributed by atoms with Crippen molar-refractivity contribution in [3.63, 3.8) is 0 Å². The van der Waals surface area contributed by atoms with Gasteiger partial charge >= 0.3 is 175 Å². The maximum atomic E-state index is 5.86. The molecule has 56 heavy (non-hydrogen) atoms. The summed E-state index contributed by atoms with van der Waals surface area (Å²) in [6.45, 7) is 28.0. The number of rotatable bonds is 2. The number of hydrogen-bond donors (Lipinski definition) is 0. The minimum Gasteiger partial charge on any atom is -0.273 e. The maximum Gasteiger partial charge on any atom is -0.109 e. The van der Waals surface area contributed by atoms with E-state index in [1.165, 1.54) is 71.9 Å². The molecule has 0 bridgehead atoms. The number of fused-ring (bicyclic) bond motifs is 3. The SMILES string of the molecule is CC(C)(C)c1[c-]c2c(cc1C(C)(C)C)-c1cc(C(C)(C)C)c(C(C)(C)C)cc1C2.ClC(Cl)(Cl)c1ccc([C](=[Zr+2])c2ccc(C(Cl)(Cl)Cl)cc2)cc1.[C-]1=CC=CC1. The molecule has 0 aromatic heterocycles. The van der Waals surface area contributed by atoms with Crippen LogP contribution in [0.3, 0.4) is 0 Å². The standard InChI is InChI=1S/C29H41.C15H8Cl6.C5H5.Zr/c1-26(2,3)22-14-18-13-19-15-23(27(4,5)6)25(29(10,11)12)17-21(19)20(18)16-24(22)28(7,8)9;16-14(17,18)12-5-1-10(2-6-12)9-11-3-7-13(8-4-11)15(19,20)21;1-2-4-5-3-1;/h14,16-17H,13H2,1-12H3;1-8H;1-3H,4H2;/q-1;;-1;+2. The Balaban J connectivity index is 0.000000227. The molecule has 7 heteroatoms. The van der Waals surface area contributed by atoms with E-state index in [1.54, 1.807) is 0 Å². The predicted molar refractivity (Wildman–Crippen MR) is 244 cm³/mol. The molecule has 0 N–H and O–H groups in total. The van der Waals surface area contributed by atoms with Gasteiger partial charge in [-0.1, -0.05) is 106 Å². The smallest absolute Gasteiger partial charge is 0.109 e. The summed E-state index contributed by atoms with van der Waals surface area (Å²) in [6, 6.07) is 26.4. The molecule has 296 valence electrons. The Bertz CT molecular complexity index is 1930. The van der Waals surface area contributed by atoms with Gasteiger partial charge in [-0.3, -0.25) is 6.08 Å². The fourth-order valence-corrected chi connectivity index (χ4v) is 8.36. The zero-order valence-electron chi connectivity index (χ0n) is 34.8. The Kier molecular flexibility index (Phi) is 15.1. The van der Waals surface area contributed by atoms with Gasteiger partial charge in [-0.05, 0) is 39.4 Å². The fourth-order valence-electron chi connectivity index (χ4n) is 6.78. The quantitative estimate of drug-likeness (QED) is 0.122. The first-order valence-electron chi connectivity index (χ1n) is 18.9. The molecule has 0 amide bonds. The van der Waals surface area contributed by atoms with Crippen LogP contribution in [0.15, 0.2) is 85.0 Å². The van der Waals surface area contributed by atoms with E-state index in [4.69, 9.17) is 69.6 Å². The first-order chi connectivity index (χ1) is 25.5. The summed E-state index contributed by atoms with van der Waals surface area (Å²) in [5, 5.41) is 0. The molecule has 0 heterocycles. The van der Waals surface area contributed by atoms with Crippen molar-refractivity contribution in [3.8, 4) is 11.1 Å². The third kappa shape index (κ3) is 12.2. The molecule has 0 fully saturated rings. The van der Waals surface area contributed by atoms with E-state index >= 15 is 0 Å². The van der Waals surface area contributed by atoms with Gasteiger partial charge in [-0.25, -0.2) is 12.2 Å². The summed E-state index contributed by atoms with van der Waals surface area (Å²) in [5.74, 6) is 0. The van der Waals surface area contributed by atoms with Crippen molar-refractivity contribution in [2.24, 2.45) is 0 Å². The van der Waals surface area contributed by atoms with Crippen LogP contribution in [0.2, 0.25) is 0 Å². The summed E-state index contributed by atoms with van der Waals surface area (Å²) in [5.41, 5.74) is 15.4. The molecule has 0 radical (unpaired) electrons. The van der Waals surface area contributed by atoms with E-state index in [9.17, 15) is 0 Å². The average molecular weight is 947 g/mol. The Labute approximate surface area is 382 Å². The van der Waals surface area contributed by atoms with E-state index in [-0.39, 0.29) is 21.7 Å². The molecule has 4 aromatic rings. The number of hydrogen-bond acceptors (Lipinski definition) is 0. The van der Waals surface area contributed by atoms with Crippen molar-refractivity contribution in [3.05, 3.63) is 153 Å². The first-order valence-corrected chi connectivity index (χ1v) is 22.4. The Morgan fingerprint density at radius 2 is 0.982 bits per heavy atom. The molecular formula is C49H54Cl6Zr. The second-order valence-corrected chi connectivity index (χ2v) is 24.5. The third-order valence-electron chi connectivity index (χ3n) is 9.82.